The molecule has 0 aromatic carbocycles. The van der Waals surface area contributed by atoms with Gasteiger partial charge in [-0.1, -0.05) is 40.9 Å². The molecule has 13 heavy (non-hydrogen) atoms. The van der Waals surface area contributed by atoms with E-state index in [2.05, 4.69) is 10.8 Å². The van der Waals surface area contributed by atoms with E-state index in [0.29, 0.717) is 6.61 Å². The van der Waals surface area contributed by atoms with E-state index < -0.39 is 0 Å². The lowest BCUT2D eigenvalue weighted by molar-refractivity contribution is 0.283. The van der Waals surface area contributed by atoms with Crippen LogP contribution < -0.4 is 0 Å². The number of aliphatic hydroxyl groups is 1. The minimum atomic E-state index is 0.365. The minimum Gasteiger partial charge on any atom is -0.396 e. The van der Waals surface area contributed by atoms with Gasteiger partial charge in [-0.15, -0.1) is 0 Å². The molecule has 0 spiro atoms. The Kier molecular flexibility index (Phi) is 7.23. The first kappa shape index (κ1) is 11.7. The lowest BCUT2D eigenvalue weighted by Crippen LogP contribution is -2.11. The van der Waals surface area contributed by atoms with Gasteiger partial charge in [-0.2, -0.15) is 0 Å². The number of unbranched alkanes of at least 4 members (excludes halogenated alkanes) is 3. The predicted molar refractivity (Wildman–Crippen MR) is 63.2 cm³/mol. The highest BCUT2D eigenvalue weighted by Gasteiger charge is 2.17. The third-order valence-electron chi connectivity index (χ3n) is 2.39. The zero-order valence-electron chi connectivity index (χ0n) is 8.21. The molecule has 78 valence electrons. The minimum absolute atomic E-state index is 0.365. The van der Waals surface area contributed by atoms with Crippen LogP contribution in [0.15, 0.2) is 0 Å². The molecule has 1 nitrogen and oxygen atoms in total. The van der Waals surface area contributed by atoms with Crippen molar-refractivity contribution in [3.63, 3.8) is 0 Å². The maximum atomic E-state index is 8.57. The van der Waals surface area contributed by atoms with E-state index in [1.54, 1.807) is 0 Å². The Morgan fingerprint density at radius 2 is 1.85 bits per heavy atom. The highest BCUT2D eigenvalue weighted by molar-refractivity contribution is 8.76. The standard InChI is InChI=1S/C10H20OS2/c11-8-3-1-2-4-9-12-13-10-6-5-7-10/h10-11H,1-9H2. The van der Waals surface area contributed by atoms with E-state index >= 15 is 0 Å². The summed E-state index contributed by atoms with van der Waals surface area (Å²) in [5.74, 6) is 1.30. The third kappa shape index (κ3) is 5.87. The summed E-state index contributed by atoms with van der Waals surface area (Å²) in [5.41, 5.74) is 0. The van der Waals surface area contributed by atoms with Gasteiger partial charge in [-0.3, -0.25) is 0 Å². The van der Waals surface area contributed by atoms with Crippen molar-refractivity contribution in [3.05, 3.63) is 0 Å². The van der Waals surface area contributed by atoms with Crippen LogP contribution in [0.4, 0.5) is 0 Å². The van der Waals surface area contributed by atoms with Crippen molar-refractivity contribution in [3.8, 4) is 0 Å². The molecule has 1 aliphatic rings. The van der Waals surface area contributed by atoms with Gasteiger partial charge in [0.2, 0.25) is 0 Å². The van der Waals surface area contributed by atoms with Gasteiger partial charge in [0.1, 0.15) is 0 Å². The quantitative estimate of drug-likeness (QED) is 0.499. The average Bonchev–Trinajstić information content (AvgIpc) is 2.07. The monoisotopic (exact) mass is 220 g/mol. The molecular weight excluding hydrogens is 200 g/mol. The Labute approximate surface area is 89.5 Å². The average molecular weight is 220 g/mol. The molecule has 0 atom stereocenters. The SMILES string of the molecule is OCCCCCCSSC1CCC1. The fraction of sp³-hybridized carbons (Fsp3) is 1.00. The van der Waals surface area contributed by atoms with Crippen LogP contribution in [0.1, 0.15) is 44.9 Å². The van der Waals surface area contributed by atoms with Crippen LogP contribution in [0.2, 0.25) is 0 Å². The second kappa shape index (κ2) is 8.01. The van der Waals surface area contributed by atoms with Crippen LogP contribution in [0.25, 0.3) is 0 Å². The van der Waals surface area contributed by atoms with Gasteiger partial charge < -0.3 is 5.11 Å². The molecular formula is C10H20OS2. The summed E-state index contributed by atoms with van der Waals surface area (Å²) < 4.78 is 0. The Balaban J connectivity index is 1.68. The predicted octanol–water partition coefficient (Wildman–Crippen LogP) is 3.47. The van der Waals surface area contributed by atoms with E-state index in [-0.39, 0.29) is 0 Å². The van der Waals surface area contributed by atoms with Crippen molar-refractivity contribution in [2.24, 2.45) is 0 Å². The van der Waals surface area contributed by atoms with Gasteiger partial charge in [0, 0.05) is 17.6 Å². The van der Waals surface area contributed by atoms with Crippen LogP contribution in [0.3, 0.4) is 0 Å². The summed E-state index contributed by atoms with van der Waals surface area (Å²) in [6.07, 6.45) is 9.15. The van der Waals surface area contributed by atoms with Crippen LogP contribution in [0, 0.1) is 0 Å². The third-order valence-corrected chi connectivity index (χ3v) is 5.45. The van der Waals surface area contributed by atoms with Gasteiger partial charge in [0.25, 0.3) is 0 Å². The van der Waals surface area contributed by atoms with Gasteiger partial charge in [-0.25, -0.2) is 0 Å². The largest absolute Gasteiger partial charge is 0.396 e. The van der Waals surface area contributed by atoms with Crippen LogP contribution in [0.5, 0.6) is 0 Å². The van der Waals surface area contributed by atoms with Crippen molar-refractivity contribution >= 4 is 21.6 Å². The fourth-order valence-corrected chi connectivity index (χ4v) is 4.17. The molecule has 0 amide bonds. The van der Waals surface area contributed by atoms with Crippen LogP contribution in [-0.4, -0.2) is 22.7 Å². The first-order chi connectivity index (χ1) is 6.43. The molecule has 1 saturated carbocycles. The summed E-state index contributed by atoms with van der Waals surface area (Å²) >= 11 is 0. The molecule has 0 saturated heterocycles. The lowest BCUT2D eigenvalue weighted by Gasteiger charge is -2.23. The number of hydrogen-bond acceptors (Lipinski definition) is 3. The fourth-order valence-electron chi connectivity index (χ4n) is 1.24. The number of aliphatic hydroxyl groups excluding tert-OH is 1. The Bertz CT molecular complexity index is 115. The lowest BCUT2D eigenvalue weighted by atomic mass is 10.0. The van der Waals surface area contributed by atoms with Gasteiger partial charge in [-0.05, 0) is 25.7 Å². The van der Waals surface area contributed by atoms with E-state index in [1.165, 1.54) is 44.3 Å². The molecule has 0 bridgehead atoms. The summed E-state index contributed by atoms with van der Waals surface area (Å²) in [6, 6.07) is 0. The number of rotatable bonds is 8. The molecule has 0 aliphatic heterocycles. The van der Waals surface area contributed by atoms with E-state index in [4.69, 9.17) is 5.11 Å². The second-order valence-electron chi connectivity index (χ2n) is 3.61. The zero-order valence-corrected chi connectivity index (χ0v) is 9.84. The molecule has 0 aromatic rings. The van der Waals surface area contributed by atoms with Crippen molar-refractivity contribution in [1.29, 1.82) is 0 Å². The van der Waals surface area contributed by atoms with Gasteiger partial charge in [0.15, 0.2) is 0 Å². The molecule has 0 heterocycles. The summed E-state index contributed by atoms with van der Waals surface area (Å²) in [7, 11) is 4.14. The summed E-state index contributed by atoms with van der Waals surface area (Å²) in [4.78, 5) is 0. The van der Waals surface area contributed by atoms with Crippen molar-refractivity contribution in [2.75, 3.05) is 12.4 Å². The highest BCUT2D eigenvalue weighted by atomic mass is 33.1. The Morgan fingerprint density at radius 3 is 2.46 bits per heavy atom. The van der Waals surface area contributed by atoms with Crippen molar-refractivity contribution in [1.82, 2.24) is 0 Å². The molecule has 1 aliphatic carbocycles. The Morgan fingerprint density at radius 1 is 1.08 bits per heavy atom. The topological polar surface area (TPSA) is 20.2 Å². The summed E-state index contributed by atoms with van der Waals surface area (Å²) in [6.45, 7) is 0.365. The van der Waals surface area contributed by atoms with Crippen LogP contribution in [-0.2, 0) is 0 Å². The zero-order chi connectivity index (χ0) is 9.36. The van der Waals surface area contributed by atoms with Crippen molar-refractivity contribution in [2.45, 2.75) is 50.2 Å². The maximum Gasteiger partial charge on any atom is 0.0431 e. The van der Waals surface area contributed by atoms with E-state index in [9.17, 15) is 0 Å². The van der Waals surface area contributed by atoms with Gasteiger partial charge in [0.05, 0.1) is 0 Å². The molecule has 3 heteroatoms. The smallest absolute Gasteiger partial charge is 0.0431 e. The normalized spacial score (nSPS) is 17.3. The molecule has 1 N–H and O–H groups in total. The van der Waals surface area contributed by atoms with E-state index in [0.717, 1.165) is 11.7 Å². The molecule has 0 aromatic heterocycles. The maximum absolute atomic E-state index is 8.57. The van der Waals surface area contributed by atoms with E-state index in [1.807, 2.05) is 10.8 Å². The van der Waals surface area contributed by atoms with Crippen LogP contribution >= 0.6 is 21.6 Å². The first-order valence-electron chi connectivity index (χ1n) is 5.32. The molecule has 0 radical (unpaired) electrons. The number of hydrogen-bond donors (Lipinski definition) is 1. The molecule has 1 fully saturated rings. The highest BCUT2D eigenvalue weighted by Crippen LogP contribution is 2.38. The second-order valence-corrected chi connectivity index (χ2v) is 6.40. The first-order valence-corrected chi connectivity index (χ1v) is 7.71. The molecule has 0 unspecified atom stereocenters. The Hall–Kier alpha value is 0.660. The summed E-state index contributed by atoms with van der Waals surface area (Å²) in [5, 5.41) is 9.55. The van der Waals surface area contributed by atoms with Crippen molar-refractivity contribution < 1.29 is 5.11 Å². The van der Waals surface area contributed by atoms with Gasteiger partial charge >= 0.3 is 0 Å². The molecule has 1 rings (SSSR count).